The summed E-state index contributed by atoms with van der Waals surface area (Å²) in [6, 6.07) is 0. The van der Waals surface area contributed by atoms with E-state index in [1.54, 1.807) is 12.0 Å². The minimum atomic E-state index is -0.218. The van der Waals surface area contributed by atoms with Gasteiger partial charge in [-0.25, -0.2) is 4.79 Å². The van der Waals surface area contributed by atoms with Crippen LogP contribution in [0, 0.1) is 0 Å². The molecule has 0 aromatic heterocycles. The zero-order valence-electron chi connectivity index (χ0n) is 6.96. The van der Waals surface area contributed by atoms with E-state index in [1.165, 1.54) is 0 Å². The Morgan fingerprint density at radius 3 is 2.73 bits per heavy atom. The molecule has 62 valence electrons. The molecule has 0 unspecified atom stereocenters. The second-order valence-electron chi connectivity index (χ2n) is 2.60. The zero-order valence-corrected chi connectivity index (χ0v) is 6.96. The lowest BCUT2D eigenvalue weighted by Gasteiger charge is -2.01. The van der Waals surface area contributed by atoms with Crippen LogP contribution in [0.5, 0.6) is 0 Å². The van der Waals surface area contributed by atoms with Gasteiger partial charge in [-0.05, 0) is 13.3 Å². The number of rotatable bonds is 3. The predicted octanol–water partition coefficient (Wildman–Crippen LogP) is 1.12. The lowest BCUT2D eigenvalue weighted by molar-refractivity contribution is -0.160. The summed E-state index contributed by atoms with van der Waals surface area (Å²) in [6.45, 7) is 5.53. The monoisotopic (exact) mass is 155 g/mol. The van der Waals surface area contributed by atoms with Crippen LogP contribution in [0.2, 0.25) is 0 Å². The van der Waals surface area contributed by atoms with Crippen molar-refractivity contribution in [1.82, 2.24) is 5.06 Å². The fourth-order valence-electron chi connectivity index (χ4n) is 0.711. The van der Waals surface area contributed by atoms with Gasteiger partial charge in [-0.2, -0.15) is 0 Å². The van der Waals surface area contributed by atoms with Gasteiger partial charge in [-0.1, -0.05) is 13.0 Å². The first-order valence-electron chi connectivity index (χ1n) is 3.88. The van der Waals surface area contributed by atoms with Crippen molar-refractivity contribution in [3.05, 3.63) is 11.6 Å². The molecular formula is C8H13NO2. The Morgan fingerprint density at radius 2 is 2.27 bits per heavy atom. The van der Waals surface area contributed by atoms with Gasteiger partial charge in [0.2, 0.25) is 0 Å². The number of carbonyl (C=O) groups excluding carboxylic acids is 1. The molecule has 0 amide bonds. The van der Waals surface area contributed by atoms with Crippen molar-refractivity contribution in [2.45, 2.75) is 20.3 Å². The van der Waals surface area contributed by atoms with Crippen LogP contribution in [-0.4, -0.2) is 24.1 Å². The van der Waals surface area contributed by atoms with Crippen LogP contribution < -0.4 is 0 Å². The van der Waals surface area contributed by atoms with Gasteiger partial charge in [0.1, 0.15) is 0 Å². The Balaban J connectivity index is 2.32. The molecule has 3 heteroatoms. The van der Waals surface area contributed by atoms with Gasteiger partial charge in [0.05, 0.1) is 13.1 Å². The SMILES string of the molecule is CCC=C(C)C(=O)ON1CC1. The molecule has 0 atom stereocenters. The maximum absolute atomic E-state index is 11.1. The molecule has 11 heavy (non-hydrogen) atoms. The quantitative estimate of drug-likeness (QED) is 0.451. The van der Waals surface area contributed by atoms with E-state index in [9.17, 15) is 4.79 Å². The summed E-state index contributed by atoms with van der Waals surface area (Å²) in [5.74, 6) is -0.218. The molecule has 1 fully saturated rings. The number of hydrogen-bond donors (Lipinski definition) is 0. The van der Waals surface area contributed by atoms with E-state index >= 15 is 0 Å². The summed E-state index contributed by atoms with van der Waals surface area (Å²) in [5.41, 5.74) is 0.694. The molecule has 0 saturated carbocycles. The van der Waals surface area contributed by atoms with Gasteiger partial charge in [-0.15, -0.1) is 5.06 Å². The molecule has 1 rings (SSSR count). The normalized spacial score (nSPS) is 18.2. The zero-order chi connectivity index (χ0) is 8.27. The highest BCUT2D eigenvalue weighted by Gasteiger charge is 2.22. The molecule has 3 nitrogen and oxygen atoms in total. The predicted molar refractivity (Wildman–Crippen MR) is 41.7 cm³/mol. The fraction of sp³-hybridized carbons (Fsp3) is 0.625. The van der Waals surface area contributed by atoms with Crippen LogP contribution in [-0.2, 0) is 9.63 Å². The van der Waals surface area contributed by atoms with Crippen molar-refractivity contribution < 1.29 is 9.63 Å². The van der Waals surface area contributed by atoms with Gasteiger partial charge in [-0.3, -0.25) is 0 Å². The third-order valence-corrected chi connectivity index (χ3v) is 1.45. The van der Waals surface area contributed by atoms with E-state index < -0.39 is 0 Å². The fourth-order valence-corrected chi connectivity index (χ4v) is 0.711. The third kappa shape index (κ3) is 2.72. The molecule has 0 aromatic rings. The minimum Gasteiger partial charge on any atom is -0.364 e. The molecule has 1 aliphatic rings. The van der Waals surface area contributed by atoms with E-state index in [4.69, 9.17) is 4.84 Å². The first kappa shape index (κ1) is 8.27. The van der Waals surface area contributed by atoms with E-state index in [1.807, 2.05) is 13.0 Å². The molecule has 1 saturated heterocycles. The lowest BCUT2D eigenvalue weighted by Crippen LogP contribution is -2.10. The Labute approximate surface area is 66.6 Å². The van der Waals surface area contributed by atoms with E-state index in [2.05, 4.69) is 0 Å². The van der Waals surface area contributed by atoms with E-state index in [0.717, 1.165) is 19.5 Å². The average Bonchev–Trinajstić information content (AvgIpc) is 2.72. The highest BCUT2D eigenvalue weighted by Crippen LogP contribution is 2.07. The minimum absolute atomic E-state index is 0.218. The van der Waals surface area contributed by atoms with E-state index in [0.29, 0.717) is 5.57 Å². The van der Waals surface area contributed by atoms with Crippen molar-refractivity contribution in [3.63, 3.8) is 0 Å². The Hall–Kier alpha value is -0.830. The highest BCUT2D eigenvalue weighted by molar-refractivity contribution is 5.87. The van der Waals surface area contributed by atoms with Crippen LogP contribution in [0.25, 0.3) is 0 Å². The lowest BCUT2D eigenvalue weighted by atomic mass is 10.2. The average molecular weight is 155 g/mol. The van der Waals surface area contributed by atoms with Gasteiger partial charge >= 0.3 is 5.97 Å². The number of hydroxylamine groups is 2. The Kier molecular flexibility index (Phi) is 2.65. The van der Waals surface area contributed by atoms with Gasteiger partial charge in [0.15, 0.2) is 0 Å². The van der Waals surface area contributed by atoms with Crippen LogP contribution in [0.15, 0.2) is 11.6 Å². The Morgan fingerprint density at radius 1 is 1.64 bits per heavy atom. The molecule has 0 bridgehead atoms. The van der Waals surface area contributed by atoms with Crippen molar-refractivity contribution >= 4 is 5.97 Å². The summed E-state index contributed by atoms with van der Waals surface area (Å²) in [7, 11) is 0. The second-order valence-corrected chi connectivity index (χ2v) is 2.60. The number of hydrogen-bond acceptors (Lipinski definition) is 3. The van der Waals surface area contributed by atoms with Gasteiger partial charge in [0.25, 0.3) is 0 Å². The number of allylic oxidation sites excluding steroid dienone is 1. The van der Waals surface area contributed by atoms with Crippen LogP contribution in [0.3, 0.4) is 0 Å². The van der Waals surface area contributed by atoms with Crippen molar-refractivity contribution in [2.75, 3.05) is 13.1 Å². The number of carbonyl (C=O) groups is 1. The topological polar surface area (TPSA) is 29.3 Å². The molecule has 0 spiro atoms. The number of nitrogens with zero attached hydrogens (tertiary/aromatic N) is 1. The van der Waals surface area contributed by atoms with Gasteiger partial charge in [0, 0.05) is 5.57 Å². The largest absolute Gasteiger partial charge is 0.364 e. The summed E-state index contributed by atoms with van der Waals surface area (Å²) in [4.78, 5) is 16.0. The van der Waals surface area contributed by atoms with Crippen molar-refractivity contribution in [2.24, 2.45) is 0 Å². The Bertz CT molecular complexity index is 183. The third-order valence-electron chi connectivity index (χ3n) is 1.45. The van der Waals surface area contributed by atoms with Crippen LogP contribution in [0.1, 0.15) is 20.3 Å². The van der Waals surface area contributed by atoms with E-state index in [-0.39, 0.29) is 5.97 Å². The highest BCUT2D eigenvalue weighted by atomic mass is 16.7. The molecule has 0 aromatic carbocycles. The van der Waals surface area contributed by atoms with Crippen LogP contribution in [0.4, 0.5) is 0 Å². The summed E-state index contributed by atoms with van der Waals surface area (Å²) in [5, 5.41) is 1.63. The molecule has 0 aliphatic carbocycles. The summed E-state index contributed by atoms with van der Waals surface area (Å²) >= 11 is 0. The smallest absolute Gasteiger partial charge is 0.352 e. The maximum Gasteiger partial charge on any atom is 0.352 e. The first-order chi connectivity index (χ1) is 5.24. The summed E-state index contributed by atoms with van der Waals surface area (Å²) in [6.07, 6.45) is 2.74. The molecular weight excluding hydrogens is 142 g/mol. The molecule has 0 N–H and O–H groups in total. The molecule has 1 aliphatic heterocycles. The van der Waals surface area contributed by atoms with Crippen molar-refractivity contribution in [1.29, 1.82) is 0 Å². The first-order valence-corrected chi connectivity index (χ1v) is 3.88. The van der Waals surface area contributed by atoms with Gasteiger partial charge < -0.3 is 4.84 Å². The maximum atomic E-state index is 11.1. The molecule has 1 heterocycles. The second kappa shape index (κ2) is 3.53. The standard InChI is InChI=1S/C8H13NO2/c1-3-4-7(2)8(10)11-9-5-6-9/h4H,3,5-6H2,1-2H3. The van der Waals surface area contributed by atoms with Crippen molar-refractivity contribution in [3.8, 4) is 0 Å². The molecule has 0 radical (unpaired) electrons. The summed E-state index contributed by atoms with van der Waals surface area (Å²) < 4.78 is 0. The van der Waals surface area contributed by atoms with Crippen LogP contribution >= 0.6 is 0 Å².